The Bertz CT molecular complexity index is 985. The summed E-state index contributed by atoms with van der Waals surface area (Å²) in [6.45, 7) is 3.76. The molecule has 1 aromatic carbocycles. The fourth-order valence-electron chi connectivity index (χ4n) is 4.50. The zero-order valence-electron chi connectivity index (χ0n) is 16.1. The van der Waals surface area contributed by atoms with Crippen molar-refractivity contribution in [3.63, 3.8) is 0 Å². The molecule has 2 fully saturated rings. The van der Waals surface area contributed by atoms with Gasteiger partial charge in [-0.25, -0.2) is 9.97 Å². The fourth-order valence-corrected chi connectivity index (χ4v) is 4.50. The van der Waals surface area contributed by atoms with Gasteiger partial charge in [-0.2, -0.15) is 0 Å². The number of para-hydroxylation sites is 1. The number of halogens is 2. The molecule has 29 heavy (non-hydrogen) atoms. The number of nitrogens with zero attached hydrogens (tertiary/aromatic N) is 4. The monoisotopic (exact) mass is 433 g/mol. The maximum Gasteiger partial charge on any atom is 0.255 e. The summed E-state index contributed by atoms with van der Waals surface area (Å²) in [5.74, 6) is 0.0737. The van der Waals surface area contributed by atoms with Crippen molar-refractivity contribution in [1.82, 2.24) is 24.8 Å². The Morgan fingerprint density at radius 1 is 1.10 bits per heavy atom. The van der Waals surface area contributed by atoms with Gasteiger partial charge in [0.1, 0.15) is 11.8 Å². The van der Waals surface area contributed by atoms with Crippen LogP contribution < -0.4 is 5.32 Å². The third-order valence-corrected chi connectivity index (χ3v) is 5.95. The van der Waals surface area contributed by atoms with Crippen LogP contribution in [0.2, 0.25) is 0 Å². The van der Waals surface area contributed by atoms with E-state index < -0.39 is 0 Å². The van der Waals surface area contributed by atoms with Gasteiger partial charge >= 0.3 is 0 Å². The van der Waals surface area contributed by atoms with Gasteiger partial charge < -0.3 is 10.2 Å². The molecule has 1 unspecified atom stereocenters. The van der Waals surface area contributed by atoms with E-state index in [1.54, 1.807) is 12.5 Å². The van der Waals surface area contributed by atoms with Gasteiger partial charge in [0.05, 0.1) is 5.56 Å². The first-order chi connectivity index (χ1) is 13.2. The van der Waals surface area contributed by atoms with Gasteiger partial charge in [0, 0.05) is 36.9 Å². The average molecular weight is 434 g/mol. The number of amides is 1. The lowest BCUT2D eigenvalue weighted by atomic mass is 9.79. The maximum absolute atomic E-state index is 13.1. The molecule has 1 atom stereocenters. The highest BCUT2D eigenvalue weighted by molar-refractivity contribution is 5.96. The van der Waals surface area contributed by atoms with E-state index in [2.05, 4.69) is 15.3 Å². The average Bonchev–Trinajstić information content (AvgIpc) is 3.34. The van der Waals surface area contributed by atoms with E-state index in [0.717, 1.165) is 55.9 Å². The summed E-state index contributed by atoms with van der Waals surface area (Å²) >= 11 is 0. The summed E-state index contributed by atoms with van der Waals surface area (Å²) in [6.07, 6.45) is 6.91. The molecule has 1 spiro atoms. The maximum atomic E-state index is 13.1. The van der Waals surface area contributed by atoms with E-state index in [9.17, 15) is 4.79 Å². The highest BCUT2D eigenvalue weighted by atomic mass is 35.5. The molecule has 0 aliphatic carbocycles. The smallest absolute Gasteiger partial charge is 0.255 e. The Morgan fingerprint density at radius 3 is 2.69 bits per heavy atom. The van der Waals surface area contributed by atoms with E-state index in [1.807, 2.05) is 45.9 Å². The molecule has 0 saturated carbocycles. The molecule has 1 amide bonds. The Balaban J connectivity index is 0.00000120. The van der Waals surface area contributed by atoms with Crippen LogP contribution in [0, 0.1) is 5.41 Å². The van der Waals surface area contributed by atoms with E-state index in [4.69, 9.17) is 0 Å². The van der Waals surface area contributed by atoms with Crippen molar-refractivity contribution in [2.45, 2.75) is 19.3 Å². The third-order valence-electron chi connectivity index (χ3n) is 5.95. The van der Waals surface area contributed by atoms with Crippen LogP contribution in [-0.2, 0) is 0 Å². The van der Waals surface area contributed by atoms with Crippen molar-refractivity contribution < 1.29 is 4.79 Å². The molecule has 0 bridgehead atoms. The predicted molar refractivity (Wildman–Crippen MR) is 118 cm³/mol. The number of piperidine rings is 1. The van der Waals surface area contributed by atoms with Crippen LogP contribution in [0.4, 0.5) is 0 Å². The van der Waals surface area contributed by atoms with Crippen molar-refractivity contribution in [3.05, 3.63) is 54.5 Å². The van der Waals surface area contributed by atoms with Crippen LogP contribution in [0.25, 0.3) is 16.9 Å². The summed E-state index contributed by atoms with van der Waals surface area (Å²) in [4.78, 5) is 24.1. The van der Waals surface area contributed by atoms with Crippen LogP contribution in [0.5, 0.6) is 0 Å². The second kappa shape index (κ2) is 8.69. The zero-order valence-corrected chi connectivity index (χ0v) is 17.7. The Hall–Kier alpha value is -2.15. The minimum atomic E-state index is 0. The first-order valence-corrected chi connectivity index (χ1v) is 9.63. The number of fused-ring (bicyclic) bond motifs is 1. The molecular formula is C21H25Cl2N5O. The second-order valence-electron chi connectivity index (χ2n) is 7.77. The summed E-state index contributed by atoms with van der Waals surface area (Å²) in [5.41, 5.74) is 3.43. The van der Waals surface area contributed by atoms with Crippen LogP contribution in [0.1, 0.15) is 29.6 Å². The molecule has 2 aliphatic rings. The molecule has 154 valence electrons. The van der Waals surface area contributed by atoms with Crippen LogP contribution in [0.3, 0.4) is 0 Å². The quantitative estimate of drug-likeness (QED) is 0.671. The molecule has 5 rings (SSSR count). The number of carbonyl (C=O) groups is 1. The number of hydrogen-bond donors (Lipinski definition) is 1. The van der Waals surface area contributed by atoms with Gasteiger partial charge in [0.2, 0.25) is 0 Å². The molecule has 2 aromatic heterocycles. The summed E-state index contributed by atoms with van der Waals surface area (Å²) in [6, 6.07) is 11.9. The molecule has 2 saturated heterocycles. The third kappa shape index (κ3) is 3.97. The largest absolute Gasteiger partial charge is 0.338 e. The van der Waals surface area contributed by atoms with Gasteiger partial charge in [-0.1, -0.05) is 18.2 Å². The number of nitrogens with one attached hydrogen (secondary N) is 1. The standard InChI is InChI=1S/C21H23N5O.2ClH/c27-20(25-10-4-7-21(14-25)8-9-22-13-21)16-11-18-19(23-12-16)26(15-24-18)17-5-2-1-3-6-17;;/h1-3,5-6,11-12,15,22H,4,7-10,13-14H2;2*1H. The lowest BCUT2D eigenvalue weighted by Crippen LogP contribution is -2.47. The number of aromatic nitrogens is 3. The summed E-state index contributed by atoms with van der Waals surface area (Å²) < 4.78 is 1.95. The molecule has 3 aromatic rings. The normalized spacial score (nSPS) is 21.0. The highest BCUT2D eigenvalue weighted by Crippen LogP contribution is 2.36. The van der Waals surface area contributed by atoms with Crippen LogP contribution >= 0.6 is 24.8 Å². The van der Waals surface area contributed by atoms with Crippen molar-refractivity contribution in [1.29, 1.82) is 0 Å². The highest BCUT2D eigenvalue weighted by Gasteiger charge is 2.39. The lowest BCUT2D eigenvalue weighted by molar-refractivity contribution is 0.0553. The van der Waals surface area contributed by atoms with E-state index in [0.29, 0.717) is 5.56 Å². The Kier molecular flexibility index (Phi) is 6.46. The Labute approximate surface area is 182 Å². The zero-order chi connectivity index (χ0) is 18.3. The van der Waals surface area contributed by atoms with E-state index >= 15 is 0 Å². The van der Waals surface area contributed by atoms with Gasteiger partial charge in [0.25, 0.3) is 5.91 Å². The Morgan fingerprint density at radius 2 is 1.93 bits per heavy atom. The van der Waals surface area contributed by atoms with Crippen LogP contribution in [0.15, 0.2) is 48.9 Å². The SMILES string of the molecule is Cl.Cl.O=C(c1cnc2c(c1)ncn2-c1ccccc1)N1CCCC2(CCNC2)C1. The molecule has 0 radical (unpaired) electrons. The first kappa shape index (κ1) is 21.6. The van der Waals surface area contributed by atoms with Gasteiger partial charge in [-0.15, -0.1) is 24.8 Å². The molecule has 8 heteroatoms. The van der Waals surface area contributed by atoms with Crippen LogP contribution in [-0.4, -0.2) is 51.5 Å². The number of rotatable bonds is 2. The van der Waals surface area contributed by atoms with Crippen molar-refractivity contribution in [2.75, 3.05) is 26.2 Å². The number of imidazole rings is 1. The molecule has 6 nitrogen and oxygen atoms in total. The molecule has 1 N–H and O–H groups in total. The minimum absolute atomic E-state index is 0. The lowest BCUT2D eigenvalue weighted by Gasteiger charge is -2.40. The second-order valence-corrected chi connectivity index (χ2v) is 7.77. The van der Waals surface area contributed by atoms with Gasteiger partial charge in [-0.3, -0.25) is 9.36 Å². The summed E-state index contributed by atoms with van der Waals surface area (Å²) in [7, 11) is 0. The minimum Gasteiger partial charge on any atom is -0.338 e. The predicted octanol–water partition coefficient (Wildman–Crippen LogP) is 3.48. The topological polar surface area (TPSA) is 63.1 Å². The van der Waals surface area contributed by atoms with Crippen molar-refractivity contribution >= 4 is 41.9 Å². The number of carbonyl (C=O) groups excluding carboxylic acids is 1. The van der Waals surface area contributed by atoms with Gasteiger partial charge in [0.15, 0.2) is 5.65 Å². The molecular weight excluding hydrogens is 409 g/mol. The van der Waals surface area contributed by atoms with E-state index in [1.165, 1.54) is 6.42 Å². The first-order valence-electron chi connectivity index (χ1n) is 9.63. The van der Waals surface area contributed by atoms with Gasteiger partial charge in [-0.05, 0) is 44.0 Å². The summed E-state index contributed by atoms with van der Waals surface area (Å²) in [5, 5.41) is 3.46. The van der Waals surface area contributed by atoms with E-state index in [-0.39, 0.29) is 36.1 Å². The number of likely N-dealkylation sites (tertiary alicyclic amines) is 1. The number of benzene rings is 1. The van der Waals surface area contributed by atoms with Crippen molar-refractivity contribution in [2.24, 2.45) is 5.41 Å². The van der Waals surface area contributed by atoms with Crippen molar-refractivity contribution in [3.8, 4) is 5.69 Å². The fraction of sp³-hybridized carbons (Fsp3) is 0.381. The number of pyridine rings is 1. The number of hydrogen-bond acceptors (Lipinski definition) is 4. The molecule has 4 heterocycles. The molecule has 2 aliphatic heterocycles.